The molecule has 2 N–H and O–H groups in total. The molecule has 15 heavy (non-hydrogen) atoms. The number of nitrogens with two attached hydrogens (primary N) is 1. The highest BCUT2D eigenvalue weighted by Crippen LogP contribution is 2.15. The summed E-state index contributed by atoms with van der Waals surface area (Å²) in [5.74, 6) is 0.915. The number of ether oxygens (including phenoxy) is 1. The Morgan fingerprint density at radius 2 is 1.80 bits per heavy atom. The molecule has 0 atom stereocenters. The molecule has 0 aliphatic carbocycles. The van der Waals surface area contributed by atoms with Crippen molar-refractivity contribution in [1.82, 2.24) is 0 Å². The van der Waals surface area contributed by atoms with Crippen LogP contribution in [0, 0.1) is 0 Å². The maximum Gasteiger partial charge on any atom is 0.118 e. The normalized spacial score (nSPS) is 11.5. The smallest absolute Gasteiger partial charge is 0.118 e. The molecule has 0 aliphatic heterocycles. The Bertz CT molecular complexity index is 284. The zero-order valence-corrected chi connectivity index (χ0v) is 9.92. The molecule has 0 spiro atoms. The van der Waals surface area contributed by atoms with Gasteiger partial charge in [0.2, 0.25) is 0 Å². The quantitative estimate of drug-likeness (QED) is 0.805. The Kier molecular flexibility index (Phi) is 4.15. The van der Waals surface area contributed by atoms with Gasteiger partial charge >= 0.3 is 0 Å². The van der Waals surface area contributed by atoms with Crippen LogP contribution in [0.5, 0.6) is 5.75 Å². The van der Waals surface area contributed by atoms with Crippen molar-refractivity contribution in [3.8, 4) is 5.75 Å². The molecule has 0 radical (unpaired) electrons. The summed E-state index contributed by atoms with van der Waals surface area (Å²) in [4.78, 5) is 0. The molecular formula is C13H21NO. The molecular weight excluding hydrogens is 186 g/mol. The Morgan fingerprint density at radius 3 is 2.27 bits per heavy atom. The molecule has 0 saturated carbocycles. The largest absolute Gasteiger partial charge is 0.497 e. The van der Waals surface area contributed by atoms with E-state index in [1.807, 2.05) is 12.1 Å². The first-order valence-corrected chi connectivity index (χ1v) is 5.43. The van der Waals surface area contributed by atoms with E-state index in [-0.39, 0.29) is 5.54 Å². The predicted octanol–water partition coefficient (Wildman–Crippen LogP) is 2.76. The van der Waals surface area contributed by atoms with Crippen molar-refractivity contribution in [2.24, 2.45) is 5.73 Å². The van der Waals surface area contributed by atoms with Crippen LogP contribution in [0.2, 0.25) is 0 Å². The minimum Gasteiger partial charge on any atom is -0.497 e. The van der Waals surface area contributed by atoms with E-state index in [1.165, 1.54) is 5.56 Å². The van der Waals surface area contributed by atoms with Crippen molar-refractivity contribution in [1.29, 1.82) is 0 Å². The Morgan fingerprint density at radius 1 is 1.20 bits per heavy atom. The topological polar surface area (TPSA) is 35.2 Å². The van der Waals surface area contributed by atoms with Gasteiger partial charge < -0.3 is 10.5 Å². The summed E-state index contributed by atoms with van der Waals surface area (Å²) < 4.78 is 5.11. The van der Waals surface area contributed by atoms with Crippen LogP contribution in [0.3, 0.4) is 0 Å². The van der Waals surface area contributed by atoms with Crippen molar-refractivity contribution in [2.45, 2.75) is 38.6 Å². The first kappa shape index (κ1) is 12.1. The van der Waals surface area contributed by atoms with Crippen molar-refractivity contribution in [2.75, 3.05) is 7.11 Å². The average Bonchev–Trinajstić information content (AvgIpc) is 2.17. The van der Waals surface area contributed by atoms with Gasteiger partial charge in [-0.1, -0.05) is 12.1 Å². The summed E-state index contributed by atoms with van der Waals surface area (Å²) in [6, 6.07) is 8.23. The maximum atomic E-state index is 5.93. The van der Waals surface area contributed by atoms with Gasteiger partial charge in [-0.15, -0.1) is 0 Å². The van der Waals surface area contributed by atoms with Crippen LogP contribution in [0.4, 0.5) is 0 Å². The molecule has 0 aromatic heterocycles. The summed E-state index contributed by atoms with van der Waals surface area (Å²) in [6.45, 7) is 4.14. The minimum atomic E-state index is -0.0491. The lowest BCUT2D eigenvalue weighted by atomic mass is 9.97. The molecule has 1 rings (SSSR count). The molecule has 0 amide bonds. The summed E-state index contributed by atoms with van der Waals surface area (Å²) in [7, 11) is 1.69. The predicted molar refractivity (Wildman–Crippen MR) is 64.2 cm³/mol. The second kappa shape index (κ2) is 5.17. The molecule has 0 unspecified atom stereocenters. The molecule has 0 heterocycles. The van der Waals surface area contributed by atoms with E-state index in [2.05, 4.69) is 26.0 Å². The number of hydrogen-bond donors (Lipinski definition) is 1. The van der Waals surface area contributed by atoms with Gasteiger partial charge in [0.1, 0.15) is 5.75 Å². The molecule has 1 aromatic rings. The van der Waals surface area contributed by atoms with Crippen LogP contribution >= 0.6 is 0 Å². The maximum absolute atomic E-state index is 5.93. The molecule has 2 nitrogen and oxygen atoms in total. The van der Waals surface area contributed by atoms with E-state index in [4.69, 9.17) is 10.5 Å². The zero-order valence-electron chi connectivity index (χ0n) is 9.92. The van der Waals surface area contributed by atoms with E-state index in [1.54, 1.807) is 7.11 Å². The summed E-state index contributed by atoms with van der Waals surface area (Å²) >= 11 is 0. The monoisotopic (exact) mass is 207 g/mol. The average molecular weight is 207 g/mol. The molecule has 1 aromatic carbocycles. The van der Waals surface area contributed by atoms with E-state index in [0.29, 0.717) is 0 Å². The van der Waals surface area contributed by atoms with Crippen molar-refractivity contribution >= 4 is 0 Å². The lowest BCUT2D eigenvalue weighted by molar-refractivity contribution is 0.414. The fourth-order valence-corrected chi connectivity index (χ4v) is 1.54. The highest BCUT2D eigenvalue weighted by atomic mass is 16.5. The molecule has 2 heteroatoms. The minimum absolute atomic E-state index is 0.0491. The highest BCUT2D eigenvalue weighted by Gasteiger charge is 2.09. The number of methoxy groups -OCH3 is 1. The Balaban J connectivity index is 2.38. The van der Waals surface area contributed by atoms with Gasteiger partial charge in [0.05, 0.1) is 7.11 Å². The Hall–Kier alpha value is -1.02. The van der Waals surface area contributed by atoms with Gasteiger partial charge in [-0.3, -0.25) is 0 Å². The number of hydrogen-bond acceptors (Lipinski definition) is 2. The fraction of sp³-hybridized carbons (Fsp3) is 0.538. The van der Waals surface area contributed by atoms with E-state index in [9.17, 15) is 0 Å². The van der Waals surface area contributed by atoms with E-state index in [0.717, 1.165) is 25.0 Å². The van der Waals surface area contributed by atoms with Gasteiger partial charge in [0, 0.05) is 5.54 Å². The lowest BCUT2D eigenvalue weighted by Crippen LogP contribution is -2.31. The third-order valence-electron chi connectivity index (χ3n) is 2.45. The Labute approximate surface area is 92.4 Å². The third kappa shape index (κ3) is 4.84. The van der Waals surface area contributed by atoms with Crippen LogP contribution in [0.15, 0.2) is 24.3 Å². The van der Waals surface area contributed by atoms with Crippen molar-refractivity contribution in [3.63, 3.8) is 0 Å². The zero-order chi connectivity index (χ0) is 11.3. The van der Waals surface area contributed by atoms with Gasteiger partial charge in [-0.2, -0.15) is 0 Å². The lowest BCUT2D eigenvalue weighted by Gasteiger charge is -2.17. The fourth-order valence-electron chi connectivity index (χ4n) is 1.54. The van der Waals surface area contributed by atoms with Crippen LogP contribution in [0.25, 0.3) is 0 Å². The first-order chi connectivity index (χ1) is 7.01. The second-order valence-corrected chi connectivity index (χ2v) is 4.69. The summed E-state index contributed by atoms with van der Waals surface area (Å²) in [5, 5.41) is 0. The molecule has 84 valence electrons. The molecule has 0 saturated heterocycles. The molecule has 0 bridgehead atoms. The SMILES string of the molecule is COc1ccc(CCCC(C)(C)N)cc1. The standard InChI is InChI=1S/C13H21NO/c1-13(2,14)10-4-5-11-6-8-12(15-3)9-7-11/h6-9H,4-5,10,14H2,1-3H3. The number of aryl methyl sites for hydroxylation is 1. The number of benzene rings is 1. The molecule has 0 fully saturated rings. The van der Waals surface area contributed by atoms with Gasteiger partial charge in [0.25, 0.3) is 0 Å². The van der Waals surface area contributed by atoms with Crippen LogP contribution in [-0.4, -0.2) is 12.6 Å². The van der Waals surface area contributed by atoms with E-state index < -0.39 is 0 Å². The third-order valence-corrected chi connectivity index (χ3v) is 2.45. The highest BCUT2D eigenvalue weighted by molar-refractivity contribution is 5.27. The summed E-state index contributed by atoms with van der Waals surface area (Å²) in [6.07, 6.45) is 3.28. The van der Waals surface area contributed by atoms with Crippen LogP contribution in [-0.2, 0) is 6.42 Å². The van der Waals surface area contributed by atoms with Crippen molar-refractivity contribution < 1.29 is 4.74 Å². The second-order valence-electron chi connectivity index (χ2n) is 4.69. The van der Waals surface area contributed by atoms with Gasteiger partial charge in [-0.05, 0) is 50.8 Å². The van der Waals surface area contributed by atoms with Crippen molar-refractivity contribution in [3.05, 3.63) is 29.8 Å². The number of rotatable bonds is 5. The molecule has 0 aliphatic rings. The van der Waals surface area contributed by atoms with Gasteiger partial charge in [0.15, 0.2) is 0 Å². The van der Waals surface area contributed by atoms with Gasteiger partial charge in [-0.25, -0.2) is 0 Å². The van der Waals surface area contributed by atoms with Crippen LogP contribution < -0.4 is 10.5 Å². The first-order valence-electron chi connectivity index (χ1n) is 5.43. The summed E-state index contributed by atoms with van der Waals surface area (Å²) in [5.41, 5.74) is 7.22. The van der Waals surface area contributed by atoms with Crippen LogP contribution in [0.1, 0.15) is 32.3 Å². The van der Waals surface area contributed by atoms with E-state index >= 15 is 0 Å².